The second-order valence-corrected chi connectivity index (χ2v) is 9.47. The molecule has 0 aliphatic carbocycles. The van der Waals surface area contributed by atoms with Crippen molar-refractivity contribution in [2.24, 2.45) is 0 Å². The molecule has 1 aliphatic rings. The molecule has 7 heteroatoms. The molecule has 4 aromatic rings. The van der Waals surface area contributed by atoms with Crippen molar-refractivity contribution in [3.8, 4) is 5.69 Å². The molecule has 1 saturated heterocycles. The number of benzene rings is 2. The van der Waals surface area contributed by atoms with Gasteiger partial charge in [0.2, 0.25) is 0 Å². The first-order chi connectivity index (χ1) is 16.7. The number of rotatable bonds is 9. The summed E-state index contributed by atoms with van der Waals surface area (Å²) in [6, 6.07) is 15.3. The fourth-order valence-electron chi connectivity index (χ4n) is 5.03. The Morgan fingerprint density at radius 3 is 2.35 bits per heavy atom. The molecule has 2 aromatic heterocycles. The molecule has 2 aromatic carbocycles. The highest BCUT2D eigenvalue weighted by molar-refractivity contribution is 5.85. The summed E-state index contributed by atoms with van der Waals surface area (Å²) in [7, 11) is 4.26. The van der Waals surface area contributed by atoms with Crippen LogP contribution in [0.4, 0.5) is 5.69 Å². The lowest BCUT2D eigenvalue weighted by molar-refractivity contribution is 0.132. The van der Waals surface area contributed by atoms with Crippen LogP contribution in [0.5, 0.6) is 0 Å². The maximum Gasteiger partial charge on any atom is 0.123 e. The number of nitrogens with zero attached hydrogens (tertiary/aromatic N) is 6. The van der Waals surface area contributed by atoms with E-state index in [1.54, 1.807) is 12.7 Å². The van der Waals surface area contributed by atoms with E-state index in [1.807, 2.05) is 4.57 Å². The largest absolute Gasteiger partial charge is 0.377 e. The van der Waals surface area contributed by atoms with Crippen molar-refractivity contribution >= 4 is 16.6 Å². The normalized spacial score (nSPS) is 15.2. The molecular weight excluding hydrogens is 422 g/mol. The van der Waals surface area contributed by atoms with Crippen LogP contribution in [0.3, 0.4) is 0 Å². The first-order valence-corrected chi connectivity index (χ1v) is 12.3. The molecule has 5 rings (SSSR count). The molecule has 178 valence electrons. The quantitative estimate of drug-likeness (QED) is 0.416. The van der Waals surface area contributed by atoms with E-state index in [4.69, 9.17) is 0 Å². The average molecular weight is 458 g/mol. The SMILES string of the molecule is CN(C)c1ccccc1CCN1CCN(CCCc2c[nH]c3ccc(-n4cnnc4)cc23)CC1. The van der Waals surface area contributed by atoms with Crippen LogP contribution in [0.1, 0.15) is 17.5 Å². The van der Waals surface area contributed by atoms with Crippen molar-refractivity contribution in [1.82, 2.24) is 29.5 Å². The van der Waals surface area contributed by atoms with Crippen LogP contribution in [-0.4, -0.2) is 82.9 Å². The molecular formula is C27H35N7. The van der Waals surface area contributed by atoms with Gasteiger partial charge in [-0.15, -0.1) is 10.2 Å². The van der Waals surface area contributed by atoms with E-state index in [1.165, 1.54) is 60.3 Å². The topological polar surface area (TPSA) is 56.2 Å². The van der Waals surface area contributed by atoms with Crippen molar-refractivity contribution in [3.63, 3.8) is 0 Å². The summed E-state index contributed by atoms with van der Waals surface area (Å²) in [5.74, 6) is 0. The number of hydrogen-bond donors (Lipinski definition) is 1. The predicted molar refractivity (Wildman–Crippen MR) is 139 cm³/mol. The van der Waals surface area contributed by atoms with Crippen molar-refractivity contribution in [3.05, 3.63) is 72.4 Å². The lowest BCUT2D eigenvalue weighted by Crippen LogP contribution is -2.47. The summed E-state index contributed by atoms with van der Waals surface area (Å²) in [6.45, 7) is 6.97. The summed E-state index contributed by atoms with van der Waals surface area (Å²) in [5, 5.41) is 9.15. The number of nitrogens with one attached hydrogen (secondary N) is 1. The predicted octanol–water partition coefficient (Wildman–Crippen LogP) is 3.61. The second-order valence-electron chi connectivity index (χ2n) is 9.47. The number of aromatic nitrogens is 4. The van der Waals surface area contributed by atoms with Crippen LogP contribution >= 0.6 is 0 Å². The Morgan fingerprint density at radius 2 is 1.59 bits per heavy atom. The second kappa shape index (κ2) is 10.4. The fraction of sp³-hybridized carbons (Fsp3) is 0.407. The Kier molecular flexibility index (Phi) is 6.92. The molecule has 0 unspecified atom stereocenters. The Hall–Kier alpha value is -3.16. The first-order valence-electron chi connectivity index (χ1n) is 12.3. The molecule has 0 amide bonds. The number of aryl methyl sites for hydroxylation is 1. The van der Waals surface area contributed by atoms with Gasteiger partial charge in [0, 0.05) is 75.3 Å². The van der Waals surface area contributed by atoms with E-state index in [0.29, 0.717) is 0 Å². The van der Waals surface area contributed by atoms with Crippen molar-refractivity contribution in [1.29, 1.82) is 0 Å². The highest BCUT2D eigenvalue weighted by Crippen LogP contribution is 2.23. The molecule has 0 saturated carbocycles. The van der Waals surface area contributed by atoms with Crippen LogP contribution < -0.4 is 4.90 Å². The zero-order valence-electron chi connectivity index (χ0n) is 20.3. The zero-order valence-corrected chi connectivity index (χ0v) is 20.3. The minimum atomic E-state index is 1.09. The van der Waals surface area contributed by atoms with E-state index in [-0.39, 0.29) is 0 Å². The molecule has 7 nitrogen and oxygen atoms in total. The number of anilines is 1. The maximum atomic E-state index is 3.93. The van der Waals surface area contributed by atoms with E-state index in [0.717, 1.165) is 31.6 Å². The van der Waals surface area contributed by atoms with Crippen LogP contribution in [0, 0.1) is 0 Å². The Bertz CT molecular complexity index is 1190. The Labute approximate surface area is 202 Å². The van der Waals surface area contributed by atoms with Gasteiger partial charge in [-0.1, -0.05) is 18.2 Å². The number of aromatic amines is 1. The first kappa shape index (κ1) is 22.6. The Balaban J connectivity index is 1.09. The molecule has 0 bridgehead atoms. The average Bonchev–Trinajstić information content (AvgIpc) is 3.54. The van der Waals surface area contributed by atoms with Crippen molar-refractivity contribution < 1.29 is 0 Å². The number of piperazine rings is 1. The number of hydrogen-bond acceptors (Lipinski definition) is 5. The number of H-pyrrole nitrogens is 1. The van der Waals surface area contributed by atoms with Gasteiger partial charge in [-0.2, -0.15) is 0 Å². The molecule has 34 heavy (non-hydrogen) atoms. The van der Waals surface area contributed by atoms with Gasteiger partial charge in [0.1, 0.15) is 12.7 Å². The van der Waals surface area contributed by atoms with Crippen molar-refractivity contribution in [2.45, 2.75) is 19.3 Å². The summed E-state index contributed by atoms with van der Waals surface area (Å²) in [5.41, 5.74) is 6.47. The van der Waals surface area contributed by atoms with Gasteiger partial charge in [-0.25, -0.2) is 0 Å². The standard InChI is InChI=1S/C27H35N7/c1-31(2)27-8-4-3-6-22(27)11-13-33-16-14-32(15-17-33)12-5-7-23-19-28-26-10-9-24(18-25(23)26)34-20-29-30-21-34/h3-4,6,8-10,18-21,28H,5,7,11-17H2,1-2H3. The molecule has 1 fully saturated rings. The number of para-hydroxylation sites is 1. The van der Waals surface area contributed by atoms with Gasteiger partial charge < -0.3 is 19.7 Å². The summed E-state index contributed by atoms with van der Waals surface area (Å²) in [4.78, 5) is 10.9. The maximum absolute atomic E-state index is 3.93. The van der Waals surface area contributed by atoms with E-state index >= 15 is 0 Å². The lowest BCUT2D eigenvalue weighted by atomic mass is 10.1. The summed E-state index contributed by atoms with van der Waals surface area (Å²) >= 11 is 0. The number of fused-ring (bicyclic) bond motifs is 1. The third-order valence-electron chi connectivity index (χ3n) is 7.02. The minimum Gasteiger partial charge on any atom is -0.377 e. The van der Waals surface area contributed by atoms with Gasteiger partial charge in [-0.05, 0) is 61.2 Å². The third-order valence-corrected chi connectivity index (χ3v) is 7.02. The third kappa shape index (κ3) is 5.16. The van der Waals surface area contributed by atoms with Crippen LogP contribution in [0.15, 0.2) is 61.3 Å². The monoisotopic (exact) mass is 457 g/mol. The molecule has 1 N–H and O–H groups in total. The van der Waals surface area contributed by atoms with Crippen LogP contribution in [0.25, 0.3) is 16.6 Å². The zero-order chi connectivity index (χ0) is 23.3. The van der Waals surface area contributed by atoms with Gasteiger partial charge in [0.25, 0.3) is 0 Å². The van der Waals surface area contributed by atoms with E-state index < -0.39 is 0 Å². The van der Waals surface area contributed by atoms with Crippen LogP contribution in [-0.2, 0) is 12.8 Å². The lowest BCUT2D eigenvalue weighted by Gasteiger charge is -2.35. The molecule has 0 spiro atoms. The summed E-state index contributed by atoms with van der Waals surface area (Å²) in [6.07, 6.45) is 9.05. The van der Waals surface area contributed by atoms with Gasteiger partial charge in [0.15, 0.2) is 0 Å². The molecule has 0 atom stereocenters. The fourth-order valence-corrected chi connectivity index (χ4v) is 5.03. The van der Waals surface area contributed by atoms with Gasteiger partial charge in [0.05, 0.1) is 0 Å². The van der Waals surface area contributed by atoms with Gasteiger partial charge >= 0.3 is 0 Å². The molecule has 3 heterocycles. The van der Waals surface area contributed by atoms with E-state index in [9.17, 15) is 0 Å². The van der Waals surface area contributed by atoms with Gasteiger partial charge in [-0.3, -0.25) is 4.57 Å². The van der Waals surface area contributed by atoms with Crippen molar-refractivity contribution in [2.75, 3.05) is 58.3 Å². The minimum absolute atomic E-state index is 1.09. The molecule has 1 aliphatic heterocycles. The smallest absolute Gasteiger partial charge is 0.123 e. The van der Waals surface area contributed by atoms with E-state index in [2.05, 4.69) is 92.6 Å². The Morgan fingerprint density at radius 1 is 0.853 bits per heavy atom. The highest BCUT2D eigenvalue weighted by atomic mass is 15.3. The summed E-state index contributed by atoms with van der Waals surface area (Å²) < 4.78 is 1.95. The highest BCUT2D eigenvalue weighted by Gasteiger charge is 2.17. The molecule has 0 radical (unpaired) electrons. The van der Waals surface area contributed by atoms with Crippen LogP contribution in [0.2, 0.25) is 0 Å².